The minimum atomic E-state index is 0.0207. The Morgan fingerprint density at radius 2 is 1.87 bits per heavy atom. The van der Waals surface area contributed by atoms with Gasteiger partial charge in [-0.1, -0.05) is 44.2 Å². The van der Waals surface area contributed by atoms with Crippen molar-refractivity contribution in [3.8, 4) is 0 Å². The van der Waals surface area contributed by atoms with Crippen molar-refractivity contribution in [2.75, 3.05) is 6.54 Å². The number of carbonyl (C=O) groups is 1. The van der Waals surface area contributed by atoms with E-state index in [-0.39, 0.29) is 17.7 Å². The lowest BCUT2D eigenvalue weighted by molar-refractivity contribution is -0.124. The molecule has 0 aromatic heterocycles. The molecule has 0 saturated carbocycles. The van der Waals surface area contributed by atoms with Crippen LogP contribution in [-0.4, -0.2) is 12.5 Å². The van der Waals surface area contributed by atoms with Crippen LogP contribution in [0.25, 0.3) is 0 Å². The molecule has 0 radical (unpaired) electrons. The number of nitrogens with one attached hydrogen (secondary N) is 1. The standard InChI is InChI=1S/C13H19NO/c1-4-14-13(15)11(3)10(2)12-8-6-5-7-9-12/h5-11H,4H2,1-3H3,(H,14,15)/t10?,11-/m1/s1. The van der Waals surface area contributed by atoms with Crippen molar-refractivity contribution in [3.63, 3.8) is 0 Å². The number of hydrogen-bond donors (Lipinski definition) is 1. The van der Waals surface area contributed by atoms with Crippen molar-refractivity contribution < 1.29 is 4.79 Å². The van der Waals surface area contributed by atoms with Crippen molar-refractivity contribution in [1.29, 1.82) is 0 Å². The molecule has 0 aliphatic heterocycles. The molecule has 15 heavy (non-hydrogen) atoms. The normalized spacial score (nSPS) is 14.3. The van der Waals surface area contributed by atoms with E-state index in [2.05, 4.69) is 24.4 Å². The summed E-state index contributed by atoms with van der Waals surface area (Å²) < 4.78 is 0. The Kier molecular flexibility index (Phi) is 4.35. The van der Waals surface area contributed by atoms with Gasteiger partial charge in [0, 0.05) is 12.5 Å². The Labute approximate surface area is 91.7 Å². The highest BCUT2D eigenvalue weighted by Crippen LogP contribution is 2.23. The van der Waals surface area contributed by atoms with Crippen LogP contribution in [0.2, 0.25) is 0 Å². The average Bonchev–Trinajstić information content (AvgIpc) is 2.28. The molecule has 0 fully saturated rings. The van der Waals surface area contributed by atoms with E-state index in [9.17, 15) is 4.79 Å². The molecule has 0 aliphatic carbocycles. The molecule has 0 heterocycles. The van der Waals surface area contributed by atoms with Crippen molar-refractivity contribution in [3.05, 3.63) is 35.9 Å². The Hall–Kier alpha value is -1.31. The molecule has 1 amide bonds. The SMILES string of the molecule is CCNC(=O)[C@H](C)C(C)c1ccccc1. The highest BCUT2D eigenvalue weighted by Gasteiger charge is 2.20. The van der Waals surface area contributed by atoms with Crippen LogP contribution in [0.4, 0.5) is 0 Å². The van der Waals surface area contributed by atoms with Gasteiger partial charge in [-0.2, -0.15) is 0 Å². The summed E-state index contributed by atoms with van der Waals surface area (Å²) in [6.07, 6.45) is 0. The number of benzene rings is 1. The molecule has 82 valence electrons. The first kappa shape index (κ1) is 11.8. The van der Waals surface area contributed by atoms with Gasteiger partial charge in [0.1, 0.15) is 0 Å². The van der Waals surface area contributed by atoms with E-state index in [4.69, 9.17) is 0 Å². The second-order valence-electron chi connectivity index (χ2n) is 3.88. The van der Waals surface area contributed by atoms with Gasteiger partial charge in [-0.3, -0.25) is 4.79 Å². The Bertz CT molecular complexity index is 308. The van der Waals surface area contributed by atoms with Crippen LogP contribution >= 0.6 is 0 Å². The Balaban J connectivity index is 2.68. The Morgan fingerprint density at radius 3 is 2.40 bits per heavy atom. The van der Waals surface area contributed by atoms with Gasteiger partial charge in [0.15, 0.2) is 0 Å². The first-order valence-corrected chi connectivity index (χ1v) is 5.49. The first-order valence-electron chi connectivity index (χ1n) is 5.49. The van der Waals surface area contributed by atoms with Gasteiger partial charge in [0.2, 0.25) is 5.91 Å². The Morgan fingerprint density at radius 1 is 1.27 bits per heavy atom. The van der Waals surface area contributed by atoms with Crippen LogP contribution < -0.4 is 5.32 Å². The third-order valence-electron chi connectivity index (χ3n) is 2.84. The monoisotopic (exact) mass is 205 g/mol. The lowest BCUT2D eigenvalue weighted by Gasteiger charge is -2.19. The van der Waals surface area contributed by atoms with Crippen LogP contribution in [-0.2, 0) is 4.79 Å². The van der Waals surface area contributed by atoms with Crippen LogP contribution in [0.15, 0.2) is 30.3 Å². The van der Waals surface area contributed by atoms with Gasteiger partial charge in [0.05, 0.1) is 0 Å². The largest absolute Gasteiger partial charge is 0.356 e. The highest BCUT2D eigenvalue weighted by atomic mass is 16.1. The zero-order chi connectivity index (χ0) is 11.3. The maximum atomic E-state index is 11.6. The van der Waals surface area contributed by atoms with E-state index < -0.39 is 0 Å². The quantitative estimate of drug-likeness (QED) is 0.804. The molecular formula is C13H19NO. The number of carbonyl (C=O) groups excluding carboxylic acids is 1. The summed E-state index contributed by atoms with van der Waals surface area (Å²) >= 11 is 0. The first-order chi connectivity index (χ1) is 7.16. The molecule has 2 nitrogen and oxygen atoms in total. The predicted molar refractivity (Wildman–Crippen MR) is 62.7 cm³/mol. The summed E-state index contributed by atoms with van der Waals surface area (Å²) in [5.41, 5.74) is 1.22. The molecule has 0 aliphatic rings. The van der Waals surface area contributed by atoms with Gasteiger partial charge in [-0.15, -0.1) is 0 Å². The smallest absolute Gasteiger partial charge is 0.223 e. The van der Waals surface area contributed by atoms with Crippen molar-refractivity contribution in [2.24, 2.45) is 5.92 Å². The van der Waals surface area contributed by atoms with E-state index in [0.717, 1.165) is 0 Å². The molecule has 1 N–H and O–H groups in total. The maximum absolute atomic E-state index is 11.6. The van der Waals surface area contributed by atoms with E-state index in [1.807, 2.05) is 32.0 Å². The van der Waals surface area contributed by atoms with Crippen LogP contribution in [0, 0.1) is 5.92 Å². The molecule has 0 spiro atoms. The fraction of sp³-hybridized carbons (Fsp3) is 0.462. The minimum absolute atomic E-state index is 0.0207. The van der Waals surface area contributed by atoms with Gasteiger partial charge in [-0.05, 0) is 18.4 Å². The third-order valence-corrected chi connectivity index (χ3v) is 2.84. The molecule has 0 bridgehead atoms. The molecule has 2 heteroatoms. The van der Waals surface area contributed by atoms with Crippen molar-refractivity contribution in [1.82, 2.24) is 5.32 Å². The van der Waals surface area contributed by atoms with Gasteiger partial charge >= 0.3 is 0 Å². The van der Waals surface area contributed by atoms with Crippen LogP contribution in [0.5, 0.6) is 0 Å². The molecule has 1 aromatic rings. The summed E-state index contributed by atoms with van der Waals surface area (Å²) in [5.74, 6) is 0.416. The predicted octanol–water partition coefficient (Wildman–Crippen LogP) is 2.56. The zero-order valence-corrected chi connectivity index (χ0v) is 9.66. The van der Waals surface area contributed by atoms with Gasteiger partial charge in [-0.25, -0.2) is 0 Å². The third kappa shape index (κ3) is 3.08. The molecule has 0 saturated heterocycles. The van der Waals surface area contributed by atoms with E-state index in [1.54, 1.807) is 0 Å². The van der Waals surface area contributed by atoms with E-state index >= 15 is 0 Å². The van der Waals surface area contributed by atoms with Crippen molar-refractivity contribution in [2.45, 2.75) is 26.7 Å². The number of amides is 1. The van der Waals surface area contributed by atoms with E-state index in [0.29, 0.717) is 6.54 Å². The molecule has 1 aromatic carbocycles. The van der Waals surface area contributed by atoms with Crippen LogP contribution in [0.1, 0.15) is 32.3 Å². The average molecular weight is 205 g/mol. The zero-order valence-electron chi connectivity index (χ0n) is 9.66. The topological polar surface area (TPSA) is 29.1 Å². The molecule has 2 atom stereocenters. The van der Waals surface area contributed by atoms with Crippen LogP contribution in [0.3, 0.4) is 0 Å². The number of rotatable bonds is 4. The maximum Gasteiger partial charge on any atom is 0.223 e. The molecule has 1 unspecified atom stereocenters. The molecule has 1 rings (SSSR count). The summed E-state index contributed by atoms with van der Waals surface area (Å²) in [7, 11) is 0. The molecular weight excluding hydrogens is 186 g/mol. The number of hydrogen-bond acceptors (Lipinski definition) is 1. The summed E-state index contributed by atoms with van der Waals surface area (Å²) in [5, 5.41) is 2.86. The highest BCUT2D eigenvalue weighted by molar-refractivity contribution is 5.79. The van der Waals surface area contributed by atoms with Gasteiger partial charge < -0.3 is 5.32 Å². The summed E-state index contributed by atoms with van der Waals surface area (Å²) in [6.45, 7) is 6.71. The fourth-order valence-corrected chi connectivity index (χ4v) is 1.61. The fourth-order valence-electron chi connectivity index (χ4n) is 1.61. The lowest BCUT2D eigenvalue weighted by Crippen LogP contribution is -2.31. The summed E-state index contributed by atoms with van der Waals surface area (Å²) in [6, 6.07) is 10.2. The second kappa shape index (κ2) is 5.54. The summed E-state index contributed by atoms with van der Waals surface area (Å²) in [4.78, 5) is 11.6. The van der Waals surface area contributed by atoms with Crippen molar-refractivity contribution >= 4 is 5.91 Å². The second-order valence-corrected chi connectivity index (χ2v) is 3.88. The lowest BCUT2D eigenvalue weighted by atomic mass is 9.88. The van der Waals surface area contributed by atoms with Gasteiger partial charge in [0.25, 0.3) is 0 Å². The van der Waals surface area contributed by atoms with E-state index in [1.165, 1.54) is 5.56 Å². The minimum Gasteiger partial charge on any atom is -0.356 e.